The Morgan fingerprint density at radius 2 is 1.72 bits per heavy atom. The molecule has 1 N–H and O–H groups in total. The van der Waals surface area contributed by atoms with E-state index in [1.54, 1.807) is 6.92 Å². The lowest BCUT2D eigenvalue weighted by Crippen LogP contribution is -2.55. The molecular formula is C22H17ClF3NO5. The van der Waals surface area contributed by atoms with E-state index in [0.717, 1.165) is 18.2 Å². The van der Waals surface area contributed by atoms with E-state index in [1.807, 2.05) is 0 Å². The van der Waals surface area contributed by atoms with E-state index in [1.165, 1.54) is 20.3 Å². The number of nitrogens with one attached hydrogen (secondary N) is 1. The minimum absolute atomic E-state index is 0.0134. The summed E-state index contributed by atoms with van der Waals surface area (Å²) in [6.45, 7) is 1.62. The van der Waals surface area contributed by atoms with Crippen LogP contribution in [0.15, 0.2) is 30.0 Å². The maximum atomic E-state index is 13.5. The van der Waals surface area contributed by atoms with Crippen LogP contribution in [0, 0.1) is 23.4 Å². The Bertz CT molecular complexity index is 1180. The van der Waals surface area contributed by atoms with Crippen molar-refractivity contribution in [3.8, 4) is 17.2 Å². The van der Waals surface area contributed by atoms with Gasteiger partial charge in [0.25, 0.3) is 0 Å². The Kier molecular flexibility index (Phi) is 5.32. The Balaban J connectivity index is 1.72. The molecule has 2 atom stereocenters. The van der Waals surface area contributed by atoms with Crippen molar-refractivity contribution in [3.63, 3.8) is 0 Å². The van der Waals surface area contributed by atoms with Crippen molar-refractivity contribution >= 4 is 28.9 Å². The van der Waals surface area contributed by atoms with Crippen LogP contribution >= 0.6 is 11.6 Å². The number of fused-ring (bicyclic) bond motifs is 1. The highest BCUT2D eigenvalue weighted by atomic mass is 35.5. The highest BCUT2D eigenvalue weighted by Gasteiger charge is 2.60. The molecule has 1 heterocycles. The summed E-state index contributed by atoms with van der Waals surface area (Å²) in [5.41, 5.74) is -1.65. The van der Waals surface area contributed by atoms with E-state index >= 15 is 0 Å². The van der Waals surface area contributed by atoms with Crippen LogP contribution in [0.2, 0.25) is 5.02 Å². The van der Waals surface area contributed by atoms with Crippen LogP contribution in [0.1, 0.15) is 23.7 Å². The van der Waals surface area contributed by atoms with Gasteiger partial charge in [0.15, 0.2) is 23.2 Å². The highest BCUT2D eigenvalue weighted by Crippen LogP contribution is 2.53. The first-order chi connectivity index (χ1) is 15.1. The fourth-order valence-corrected chi connectivity index (χ4v) is 4.29. The van der Waals surface area contributed by atoms with Crippen molar-refractivity contribution in [3.05, 3.63) is 58.0 Å². The summed E-state index contributed by atoms with van der Waals surface area (Å²) in [5.74, 6) is -5.99. The lowest BCUT2D eigenvalue weighted by molar-refractivity contribution is -0.129. The summed E-state index contributed by atoms with van der Waals surface area (Å²) in [6.07, 6.45) is 1.24. The van der Waals surface area contributed by atoms with Crippen molar-refractivity contribution in [1.29, 1.82) is 0 Å². The molecule has 6 nitrogen and oxygen atoms in total. The Labute approximate surface area is 185 Å². The van der Waals surface area contributed by atoms with Gasteiger partial charge in [0.1, 0.15) is 22.1 Å². The third-order valence-corrected chi connectivity index (χ3v) is 5.96. The minimum atomic E-state index is -1.88. The molecule has 0 bridgehead atoms. The van der Waals surface area contributed by atoms with Crippen LogP contribution < -0.4 is 19.5 Å². The smallest absolute Gasteiger partial charge is 0.236 e. The third-order valence-electron chi connectivity index (χ3n) is 5.60. The number of rotatable bonds is 4. The molecule has 0 saturated carbocycles. The zero-order chi connectivity index (χ0) is 23.4. The number of Topliss-reactive ketones (excluding diaryl/α,β-unsaturated/α-hetero) is 1. The maximum absolute atomic E-state index is 13.5. The standard InChI is InChI=1S/C22H17ClF3NO5/c1-9-4-10(27-11-5-12(24)19(26)13(25)6-11)7-16(28)22(9)21(29)17-14(30-2)8-15(31-3)18(23)20(17)32-22/h5-9,27H,4H2,1-3H3. The molecule has 10 heteroatoms. The van der Waals surface area contributed by atoms with Crippen LogP contribution in [0.4, 0.5) is 18.9 Å². The molecular weight excluding hydrogens is 451 g/mol. The van der Waals surface area contributed by atoms with E-state index in [2.05, 4.69) is 5.32 Å². The number of carbonyl (C=O) groups excluding carboxylic acids is 2. The van der Waals surface area contributed by atoms with E-state index in [-0.39, 0.29) is 45.6 Å². The molecule has 0 aromatic heterocycles. The van der Waals surface area contributed by atoms with E-state index in [0.29, 0.717) is 0 Å². The van der Waals surface area contributed by atoms with Gasteiger partial charge in [-0.3, -0.25) is 9.59 Å². The molecule has 1 spiro atoms. The average Bonchev–Trinajstić information content (AvgIpc) is 3.06. The lowest BCUT2D eigenvalue weighted by atomic mass is 9.74. The van der Waals surface area contributed by atoms with E-state index < -0.39 is 40.5 Å². The van der Waals surface area contributed by atoms with E-state index in [4.69, 9.17) is 25.8 Å². The summed E-state index contributed by atoms with van der Waals surface area (Å²) in [4.78, 5) is 26.6. The normalized spacial score (nSPS) is 21.8. The molecule has 2 aromatic rings. The van der Waals surface area contributed by atoms with Gasteiger partial charge in [-0.15, -0.1) is 0 Å². The predicted molar refractivity (Wildman–Crippen MR) is 109 cm³/mol. The zero-order valence-corrected chi connectivity index (χ0v) is 17.9. The second-order valence-corrected chi connectivity index (χ2v) is 7.86. The van der Waals surface area contributed by atoms with Crippen molar-refractivity contribution < 1.29 is 37.0 Å². The minimum Gasteiger partial charge on any atom is -0.496 e. The lowest BCUT2D eigenvalue weighted by Gasteiger charge is -2.35. The van der Waals surface area contributed by atoms with Gasteiger partial charge in [0, 0.05) is 41.6 Å². The third kappa shape index (κ3) is 3.10. The summed E-state index contributed by atoms with van der Waals surface area (Å²) >= 11 is 6.33. The maximum Gasteiger partial charge on any atom is 0.236 e. The van der Waals surface area contributed by atoms with Gasteiger partial charge in [-0.2, -0.15) is 0 Å². The number of halogens is 4. The summed E-state index contributed by atoms with van der Waals surface area (Å²) in [6, 6.07) is 2.96. The predicted octanol–water partition coefficient (Wildman–Crippen LogP) is 4.69. The first-order valence-corrected chi connectivity index (χ1v) is 9.86. The van der Waals surface area contributed by atoms with Gasteiger partial charge in [-0.05, 0) is 6.42 Å². The van der Waals surface area contributed by atoms with Crippen molar-refractivity contribution in [2.75, 3.05) is 19.5 Å². The summed E-state index contributed by atoms with van der Waals surface area (Å²) in [5, 5.41) is 2.73. The zero-order valence-electron chi connectivity index (χ0n) is 17.1. The number of ether oxygens (including phenoxy) is 3. The number of carbonyl (C=O) groups is 2. The van der Waals surface area contributed by atoms with E-state index in [9.17, 15) is 22.8 Å². The molecule has 168 valence electrons. The van der Waals surface area contributed by atoms with Gasteiger partial charge in [-0.25, -0.2) is 13.2 Å². The number of benzene rings is 2. The fraction of sp³-hybridized carbons (Fsp3) is 0.273. The van der Waals surface area contributed by atoms with Crippen LogP contribution in [0.25, 0.3) is 0 Å². The molecule has 1 aliphatic heterocycles. The number of anilines is 1. The van der Waals surface area contributed by atoms with Gasteiger partial charge in [0.05, 0.1) is 14.2 Å². The molecule has 2 unspecified atom stereocenters. The van der Waals surface area contributed by atoms with Gasteiger partial charge >= 0.3 is 0 Å². The molecule has 32 heavy (non-hydrogen) atoms. The molecule has 2 aliphatic rings. The van der Waals surface area contributed by atoms with Crippen molar-refractivity contribution in [2.24, 2.45) is 5.92 Å². The molecule has 0 radical (unpaired) electrons. The molecule has 0 fully saturated rings. The van der Waals surface area contributed by atoms with Crippen LogP contribution in [-0.4, -0.2) is 31.4 Å². The summed E-state index contributed by atoms with van der Waals surface area (Å²) < 4.78 is 56.6. The Morgan fingerprint density at radius 3 is 2.28 bits per heavy atom. The highest BCUT2D eigenvalue weighted by molar-refractivity contribution is 6.36. The number of ketones is 2. The van der Waals surface area contributed by atoms with Crippen molar-refractivity contribution in [2.45, 2.75) is 18.9 Å². The topological polar surface area (TPSA) is 73.9 Å². The Morgan fingerprint density at radius 1 is 1.09 bits per heavy atom. The first kappa shape index (κ1) is 22.0. The first-order valence-electron chi connectivity index (χ1n) is 9.48. The van der Waals surface area contributed by atoms with Crippen LogP contribution in [0.5, 0.6) is 17.2 Å². The van der Waals surface area contributed by atoms with Crippen LogP contribution in [0.3, 0.4) is 0 Å². The van der Waals surface area contributed by atoms with Crippen LogP contribution in [-0.2, 0) is 4.79 Å². The monoisotopic (exact) mass is 467 g/mol. The molecule has 1 aliphatic carbocycles. The summed E-state index contributed by atoms with van der Waals surface area (Å²) in [7, 11) is 2.74. The molecule has 2 aromatic carbocycles. The number of methoxy groups -OCH3 is 2. The Hall–Kier alpha value is -3.20. The van der Waals surface area contributed by atoms with Gasteiger partial charge < -0.3 is 19.5 Å². The fourth-order valence-electron chi connectivity index (χ4n) is 4.03. The molecule has 0 saturated heterocycles. The number of allylic oxidation sites excluding steroid dienone is 1. The largest absolute Gasteiger partial charge is 0.496 e. The molecule has 0 amide bonds. The average molecular weight is 468 g/mol. The number of hydrogen-bond acceptors (Lipinski definition) is 6. The second-order valence-electron chi connectivity index (χ2n) is 7.48. The number of hydrogen-bond donors (Lipinski definition) is 1. The van der Waals surface area contributed by atoms with Crippen molar-refractivity contribution in [1.82, 2.24) is 0 Å². The molecule has 4 rings (SSSR count). The SMILES string of the molecule is COc1cc(OC)c2c(c1Cl)OC1(C(=O)C=C(Nc3cc(F)c(F)c(F)c3)CC1C)C2=O. The van der Waals surface area contributed by atoms with Gasteiger partial charge in [0.2, 0.25) is 17.2 Å². The van der Waals surface area contributed by atoms with Gasteiger partial charge in [-0.1, -0.05) is 18.5 Å². The second kappa shape index (κ2) is 7.74. The quantitative estimate of drug-likeness (QED) is 0.519.